The van der Waals surface area contributed by atoms with E-state index in [1.807, 2.05) is 0 Å². The van der Waals surface area contributed by atoms with Crippen molar-refractivity contribution in [2.24, 2.45) is 0 Å². The molecule has 13 heteroatoms. The molecule has 1 saturated heterocycles. The predicted molar refractivity (Wildman–Crippen MR) is 119 cm³/mol. The molecule has 1 heterocycles. The fourth-order valence-corrected chi connectivity index (χ4v) is 4.18. The van der Waals surface area contributed by atoms with Crippen LogP contribution in [0.25, 0.3) is 0 Å². The molecule has 0 saturated carbocycles. The van der Waals surface area contributed by atoms with Gasteiger partial charge in [0.2, 0.25) is 0 Å². The Kier molecular flexibility index (Phi) is 7.76. The van der Waals surface area contributed by atoms with Crippen LogP contribution in [0.3, 0.4) is 0 Å². The number of carbonyl (C=O) groups excluding carboxylic acids is 1. The van der Waals surface area contributed by atoms with E-state index in [0.717, 1.165) is 25.0 Å². The highest BCUT2D eigenvalue weighted by molar-refractivity contribution is 7.92. The number of ether oxygens (including phenoxy) is 1. The van der Waals surface area contributed by atoms with Crippen molar-refractivity contribution in [1.82, 2.24) is 16.2 Å². The topological polar surface area (TPSA) is 109 Å². The van der Waals surface area contributed by atoms with E-state index in [1.165, 1.54) is 30.3 Å². The van der Waals surface area contributed by atoms with Crippen LogP contribution in [0.15, 0.2) is 53.4 Å². The first kappa shape index (κ1) is 24.7. The number of sulfonamides is 1. The summed E-state index contributed by atoms with van der Waals surface area (Å²) in [4.78, 5) is 12.0. The zero-order valence-corrected chi connectivity index (χ0v) is 18.7. The zero-order chi connectivity index (χ0) is 24.1. The molecule has 1 amide bonds. The highest BCUT2D eigenvalue weighted by Crippen LogP contribution is 2.31. The Morgan fingerprint density at radius 1 is 1.12 bits per heavy atom. The summed E-state index contributed by atoms with van der Waals surface area (Å²) in [5, 5.41) is 3.12. The minimum atomic E-state index is -4.60. The normalized spacial score (nSPS) is 16.2. The van der Waals surface area contributed by atoms with Gasteiger partial charge in [-0.3, -0.25) is 20.4 Å². The molecule has 0 spiro atoms. The molecule has 1 atom stereocenters. The van der Waals surface area contributed by atoms with Crippen molar-refractivity contribution >= 4 is 38.9 Å². The van der Waals surface area contributed by atoms with Crippen LogP contribution in [0.2, 0.25) is 0 Å². The Hall–Kier alpha value is -2.90. The Morgan fingerprint density at radius 2 is 1.85 bits per heavy atom. The molecule has 1 aliphatic heterocycles. The van der Waals surface area contributed by atoms with Gasteiger partial charge in [0.1, 0.15) is 0 Å². The number of anilines is 1. The highest BCUT2D eigenvalue weighted by Gasteiger charge is 2.30. The molecule has 0 bridgehead atoms. The second-order valence-electron chi connectivity index (χ2n) is 7.13. The van der Waals surface area contributed by atoms with Gasteiger partial charge in [0.05, 0.1) is 16.6 Å². The Bertz CT molecular complexity index is 1100. The zero-order valence-electron chi connectivity index (χ0n) is 17.1. The van der Waals surface area contributed by atoms with E-state index in [1.54, 1.807) is 0 Å². The predicted octanol–water partition coefficient (Wildman–Crippen LogP) is 2.79. The molecular weight excluding hydrogens is 481 g/mol. The smallest absolute Gasteiger partial charge is 0.376 e. The Balaban J connectivity index is 1.56. The lowest BCUT2D eigenvalue weighted by molar-refractivity contribution is -0.137. The molecule has 0 aromatic heterocycles. The number of hydrogen-bond acceptors (Lipinski definition) is 5. The maximum absolute atomic E-state index is 12.8. The molecule has 2 aromatic carbocycles. The number of nitrogens with one attached hydrogen (secondary N) is 4. The summed E-state index contributed by atoms with van der Waals surface area (Å²) in [6.45, 7) is 1.22. The van der Waals surface area contributed by atoms with Gasteiger partial charge in [0.15, 0.2) is 5.11 Å². The van der Waals surface area contributed by atoms with Crippen molar-refractivity contribution in [3.8, 4) is 0 Å². The van der Waals surface area contributed by atoms with E-state index < -0.39 is 27.7 Å². The number of hydrogen-bond donors (Lipinski definition) is 4. The van der Waals surface area contributed by atoms with E-state index in [0.29, 0.717) is 19.2 Å². The van der Waals surface area contributed by atoms with Crippen molar-refractivity contribution < 1.29 is 31.1 Å². The highest BCUT2D eigenvalue weighted by atomic mass is 32.2. The third kappa shape index (κ3) is 7.04. The third-order valence-corrected chi connectivity index (χ3v) is 6.32. The van der Waals surface area contributed by atoms with Crippen molar-refractivity contribution in [3.05, 3.63) is 59.7 Å². The van der Waals surface area contributed by atoms with E-state index in [2.05, 4.69) is 20.9 Å². The van der Waals surface area contributed by atoms with Crippen LogP contribution in [0.1, 0.15) is 28.8 Å². The first-order valence-electron chi connectivity index (χ1n) is 9.80. The lowest BCUT2D eigenvalue weighted by Crippen LogP contribution is -2.48. The standard InChI is InChI=1S/C20H21F3N4O4S2/c21-20(22,23)14-3-1-4-15(11-14)27-33(29,30)17-8-6-13(7-9-17)18(28)25-26-19(32)24-12-16-5-2-10-31-16/h1,3-4,6-9,11,16,27H,2,5,10,12H2,(H,25,28)(H2,24,26,32)/t16-/m1/s1. The van der Waals surface area contributed by atoms with Gasteiger partial charge in [-0.2, -0.15) is 13.2 Å². The van der Waals surface area contributed by atoms with E-state index in [9.17, 15) is 26.4 Å². The molecule has 33 heavy (non-hydrogen) atoms. The summed E-state index contributed by atoms with van der Waals surface area (Å²) in [5.74, 6) is -0.564. The van der Waals surface area contributed by atoms with Gasteiger partial charge in [0, 0.05) is 24.4 Å². The summed E-state index contributed by atoms with van der Waals surface area (Å²) in [6, 6.07) is 8.69. The summed E-state index contributed by atoms with van der Waals surface area (Å²) in [5.41, 5.74) is 3.85. The molecule has 3 rings (SSSR count). The minimum Gasteiger partial charge on any atom is -0.376 e. The van der Waals surface area contributed by atoms with Gasteiger partial charge in [-0.1, -0.05) is 6.07 Å². The maximum atomic E-state index is 12.8. The van der Waals surface area contributed by atoms with Crippen LogP contribution in [-0.4, -0.2) is 38.7 Å². The molecule has 0 unspecified atom stereocenters. The van der Waals surface area contributed by atoms with Gasteiger partial charge >= 0.3 is 6.18 Å². The van der Waals surface area contributed by atoms with Crippen LogP contribution in [0.5, 0.6) is 0 Å². The second kappa shape index (κ2) is 10.4. The second-order valence-corrected chi connectivity index (χ2v) is 9.22. The van der Waals surface area contributed by atoms with Crippen LogP contribution in [-0.2, 0) is 20.9 Å². The molecule has 1 fully saturated rings. The average molecular weight is 503 g/mol. The van der Waals surface area contributed by atoms with E-state index in [4.69, 9.17) is 17.0 Å². The van der Waals surface area contributed by atoms with Gasteiger partial charge in [0.25, 0.3) is 15.9 Å². The number of carbonyl (C=O) groups is 1. The Labute approximate surface area is 193 Å². The average Bonchev–Trinajstić information content (AvgIpc) is 3.29. The molecule has 1 aliphatic rings. The van der Waals surface area contributed by atoms with Crippen LogP contribution in [0, 0.1) is 0 Å². The molecular formula is C20H21F3N4O4S2. The van der Waals surface area contributed by atoms with Crippen molar-refractivity contribution in [2.75, 3.05) is 17.9 Å². The number of rotatable bonds is 6. The summed E-state index contributed by atoms with van der Waals surface area (Å²) in [6.07, 6.45) is -2.61. The number of hydrazine groups is 1. The number of benzene rings is 2. The van der Waals surface area contributed by atoms with Crippen LogP contribution in [0.4, 0.5) is 18.9 Å². The third-order valence-electron chi connectivity index (χ3n) is 4.67. The number of amides is 1. The SMILES string of the molecule is O=C(NNC(=S)NC[C@H]1CCCO1)c1ccc(S(=O)(=O)Nc2cccc(C(F)(F)F)c2)cc1. The summed E-state index contributed by atoms with van der Waals surface area (Å²) < 4.78 is 71.0. The summed E-state index contributed by atoms with van der Waals surface area (Å²) >= 11 is 5.07. The summed E-state index contributed by atoms with van der Waals surface area (Å²) in [7, 11) is -4.17. The molecule has 8 nitrogen and oxygen atoms in total. The molecule has 4 N–H and O–H groups in total. The quantitative estimate of drug-likeness (QED) is 0.355. The number of halogens is 3. The van der Waals surface area contributed by atoms with E-state index >= 15 is 0 Å². The van der Waals surface area contributed by atoms with Gasteiger partial charge in [-0.05, 0) is 67.5 Å². The van der Waals surface area contributed by atoms with Gasteiger partial charge in [-0.15, -0.1) is 0 Å². The van der Waals surface area contributed by atoms with Crippen LogP contribution >= 0.6 is 12.2 Å². The maximum Gasteiger partial charge on any atom is 0.416 e. The monoisotopic (exact) mass is 502 g/mol. The number of thiocarbonyl (C=S) groups is 1. The van der Waals surface area contributed by atoms with Gasteiger partial charge < -0.3 is 10.1 Å². The lowest BCUT2D eigenvalue weighted by Gasteiger charge is -2.14. The van der Waals surface area contributed by atoms with E-state index in [-0.39, 0.29) is 27.4 Å². The molecule has 2 aromatic rings. The molecule has 0 radical (unpaired) electrons. The first-order valence-corrected chi connectivity index (χ1v) is 11.7. The van der Waals surface area contributed by atoms with Crippen molar-refractivity contribution in [3.63, 3.8) is 0 Å². The van der Waals surface area contributed by atoms with Gasteiger partial charge in [-0.25, -0.2) is 8.42 Å². The van der Waals surface area contributed by atoms with Crippen molar-refractivity contribution in [1.29, 1.82) is 0 Å². The molecule has 0 aliphatic carbocycles. The van der Waals surface area contributed by atoms with Crippen molar-refractivity contribution in [2.45, 2.75) is 30.0 Å². The fraction of sp³-hybridized carbons (Fsp3) is 0.300. The largest absolute Gasteiger partial charge is 0.416 e. The van der Waals surface area contributed by atoms with Crippen LogP contribution < -0.4 is 20.9 Å². The first-order chi connectivity index (χ1) is 15.5. The fourth-order valence-electron chi connectivity index (χ4n) is 3.00. The molecule has 178 valence electrons. The minimum absolute atomic E-state index is 0.0690. The Morgan fingerprint density at radius 3 is 2.48 bits per heavy atom. The lowest BCUT2D eigenvalue weighted by atomic mass is 10.2. The number of alkyl halides is 3.